The number of nitrogens with two attached hydrogens (primary N) is 1. The molecule has 23 heavy (non-hydrogen) atoms. The van der Waals surface area contributed by atoms with Crippen LogP contribution >= 0.6 is 11.6 Å². The summed E-state index contributed by atoms with van der Waals surface area (Å²) < 4.78 is 0. The molecule has 0 bridgehead atoms. The lowest BCUT2D eigenvalue weighted by molar-refractivity contribution is 1.01. The lowest BCUT2D eigenvalue weighted by atomic mass is 10.1. The van der Waals surface area contributed by atoms with Crippen molar-refractivity contribution in [2.45, 2.75) is 6.54 Å². The van der Waals surface area contributed by atoms with E-state index in [-0.39, 0.29) is 0 Å². The van der Waals surface area contributed by atoms with Crippen molar-refractivity contribution in [2.75, 3.05) is 0 Å². The van der Waals surface area contributed by atoms with E-state index in [1.807, 2.05) is 12.1 Å². The molecule has 7 heteroatoms. The monoisotopic (exact) mass is 324 g/mol. The zero-order valence-electron chi connectivity index (χ0n) is 12.1. The molecule has 0 aliphatic rings. The highest BCUT2D eigenvalue weighted by molar-refractivity contribution is 6.29. The Morgan fingerprint density at radius 1 is 1.17 bits per heavy atom. The van der Waals surface area contributed by atoms with Gasteiger partial charge in [-0.15, -0.1) is 0 Å². The van der Waals surface area contributed by atoms with Gasteiger partial charge >= 0.3 is 0 Å². The Kier molecular flexibility index (Phi) is 4.54. The minimum atomic E-state index is 0.424. The molecular weight excluding hydrogens is 312 g/mol. The van der Waals surface area contributed by atoms with Gasteiger partial charge in [0.2, 0.25) is 0 Å². The molecule has 0 unspecified atom stereocenters. The Balaban J connectivity index is 1.83. The fourth-order valence-corrected chi connectivity index (χ4v) is 2.17. The maximum absolute atomic E-state index is 5.92. The summed E-state index contributed by atoms with van der Waals surface area (Å²) in [5.41, 5.74) is 9.68. The van der Waals surface area contributed by atoms with E-state index < -0.39 is 0 Å². The van der Waals surface area contributed by atoms with Crippen molar-refractivity contribution in [2.24, 2.45) is 10.7 Å². The summed E-state index contributed by atoms with van der Waals surface area (Å²) in [6.07, 6.45) is 9.84. The standard InChI is InChI=1S/C16H13ClN6/c17-16-2-1-14-15(23-16)3-12(9-22-14)13(4-18)8-19-5-11-6-20-10-21-7-11/h1-4,6-10H,5,18H2. The van der Waals surface area contributed by atoms with Crippen LogP contribution in [-0.2, 0) is 6.54 Å². The van der Waals surface area contributed by atoms with Gasteiger partial charge in [0, 0.05) is 47.7 Å². The van der Waals surface area contributed by atoms with E-state index in [4.69, 9.17) is 17.3 Å². The van der Waals surface area contributed by atoms with E-state index in [0.29, 0.717) is 17.2 Å². The third kappa shape index (κ3) is 3.67. The first kappa shape index (κ1) is 15.1. The number of hydrogen-bond donors (Lipinski definition) is 1. The lowest BCUT2D eigenvalue weighted by Gasteiger charge is -2.03. The second-order valence-corrected chi connectivity index (χ2v) is 5.12. The normalized spacial score (nSPS) is 12.1. The summed E-state index contributed by atoms with van der Waals surface area (Å²) in [6, 6.07) is 5.41. The summed E-state index contributed by atoms with van der Waals surface area (Å²) in [7, 11) is 0. The maximum atomic E-state index is 5.92. The molecule has 0 saturated heterocycles. The molecule has 0 amide bonds. The Morgan fingerprint density at radius 3 is 2.78 bits per heavy atom. The number of hydrogen-bond acceptors (Lipinski definition) is 6. The van der Waals surface area contributed by atoms with Crippen LogP contribution in [-0.4, -0.2) is 26.2 Å². The molecule has 3 aromatic heterocycles. The predicted octanol–water partition coefficient (Wildman–Crippen LogP) is 2.64. The van der Waals surface area contributed by atoms with Crippen LogP contribution in [0.3, 0.4) is 0 Å². The summed E-state index contributed by atoms with van der Waals surface area (Å²) in [5, 5.41) is 0.424. The molecule has 0 saturated carbocycles. The van der Waals surface area contributed by atoms with Crippen molar-refractivity contribution >= 4 is 34.4 Å². The minimum absolute atomic E-state index is 0.424. The van der Waals surface area contributed by atoms with Gasteiger partial charge in [0.05, 0.1) is 17.6 Å². The Bertz CT molecular complexity index is 876. The van der Waals surface area contributed by atoms with Crippen molar-refractivity contribution < 1.29 is 0 Å². The van der Waals surface area contributed by atoms with Crippen molar-refractivity contribution in [3.63, 3.8) is 0 Å². The SMILES string of the molecule is NC=C(C=NCc1cncnc1)c1cnc2ccc(Cl)nc2c1. The number of fused-ring (bicyclic) bond motifs is 1. The Labute approximate surface area is 137 Å². The van der Waals surface area contributed by atoms with Crippen molar-refractivity contribution in [1.29, 1.82) is 0 Å². The number of aliphatic imine (C=N–C) groups is 1. The third-order valence-electron chi connectivity index (χ3n) is 3.13. The maximum Gasteiger partial charge on any atom is 0.129 e. The van der Waals surface area contributed by atoms with Crippen LogP contribution in [0, 0.1) is 0 Å². The van der Waals surface area contributed by atoms with Crippen molar-refractivity contribution in [3.8, 4) is 0 Å². The van der Waals surface area contributed by atoms with Crippen LogP contribution in [0.15, 0.2) is 54.3 Å². The largest absolute Gasteiger partial charge is 0.404 e. The van der Waals surface area contributed by atoms with Crippen LogP contribution in [0.1, 0.15) is 11.1 Å². The molecule has 114 valence electrons. The van der Waals surface area contributed by atoms with Gasteiger partial charge in [-0.05, 0) is 18.2 Å². The molecule has 0 fully saturated rings. The van der Waals surface area contributed by atoms with Gasteiger partial charge in [0.1, 0.15) is 11.5 Å². The summed E-state index contributed by atoms with van der Waals surface area (Å²) in [5.74, 6) is 0. The number of allylic oxidation sites excluding steroid dienone is 1. The number of nitrogens with zero attached hydrogens (tertiary/aromatic N) is 5. The van der Waals surface area contributed by atoms with Crippen LogP contribution < -0.4 is 5.73 Å². The molecular formula is C16H13ClN6. The van der Waals surface area contributed by atoms with Gasteiger partial charge in [0.25, 0.3) is 0 Å². The number of pyridine rings is 2. The molecule has 2 N–H and O–H groups in total. The second-order valence-electron chi connectivity index (χ2n) is 4.73. The van der Waals surface area contributed by atoms with Crippen LogP contribution in [0.25, 0.3) is 16.6 Å². The van der Waals surface area contributed by atoms with Gasteiger partial charge in [-0.3, -0.25) is 9.98 Å². The highest BCUT2D eigenvalue weighted by atomic mass is 35.5. The summed E-state index contributed by atoms with van der Waals surface area (Å²) in [6.45, 7) is 0.475. The lowest BCUT2D eigenvalue weighted by Crippen LogP contribution is -1.95. The molecule has 6 nitrogen and oxygen atoms in total. The number of halogens is 1. The molecule has 0 spiro atoms. The Hall–Kier alpha value is -2.86. The van der Waals surface area contributed by atoms with Crippen LogP contribution in [0.4, 0.5) is 0 Å². The van der Waals surface area contributed by atoms with E-state index in [1.165, 1.54) is 12.5 Å². The zero-order valence-corrected chi connectivity index (χ0v) is 12.9. The van der Waals surface area contributed by atoms with E-state index in [2.05, 4.69) is 24.9 Å². The average Bonchev–Trinajstić information content (AvgIpc) is 2.59. The van der Waals surface area contributed by atoms with Crippen molar-refractivity contribution in [3.05, 3.63) is 65.6 Å². The molecule has 0 radical (unpaired) electrons. The Morgan fingerprint density at radius 2 is 2.00 bits per heavy atom. The number of aromatic nitrogens is 4. The number of rotatable bonds is 4. The van der Waals surface area contributed by atoms with Gasteiger partial charge in [0.15, 0.2) is 0 Å². The molecule has 0 aliphatic carbocycles. The van der Waals surface area contributed by atoms with Gasteiger partial charge in [-0.25, -0.2) is 15.0 Å². The molecule has 0 aliphatic heterocycles. The average molecular weight is 325 g/mol. The topological polar surface area (TPSA) is 89.9 Å². The molecule has 3 heterocycles. The first-order valence-electron chi connectivity index (χ1n) is 6.84. The summed E-state index contributed by atoms with van der Waals surface area (Å²) in [4.78, 5) is 20.9. The fourth-order valence-electron chi connectivity index (χ4n) is 2.01. The molecule has 0 aromatic carbocycles. The molecule has 3 rings (SSSR count). The minimum Gasteiger partial charge on any atom is -0.404 e. The van der Waals surface area contributed by atoms with E-state index in [9.17, 15) is 0 Å². The third-order valence-corrected chi connectivity index (χ3v) is 3.35. The van der Waals surface area contributed by atoms with E-state index in [1.54, 1.807) is 30.9 Å². The molecule has 0 atom stereocenters. The highest BCUT2D eigenvalue weighted by Gasteiger charge is 2.03. The van der Waals surface area contributed by atoms with Crippen LogP contribution in [0.2, 0.25) is 5.15 Å². The first-order valence-corrected chi connectivity index (χ1v) is 7.22. The molecule has 3 aromatic rings. The van der Waals surface area contributed by atoms with Gasteiger partial charge in [-0.2, -0.15) is 0 Å². The van der Waals surface area contributed by atoms with Crippen molar-refractivity contribution in [1.82, 2.24) is 19.9 Å². The smallest absolute Gasteiger partial charge is 0.129 e. The highest BCUT2D eigenvalue weighted by Crippen LogP contribution is 2.18. The fraction of sp³-hybridized carbons (Fsp3) is 0.0625. The van der Waals surface area contributed by atoms with E-state index >= 15 is 0 Å². The predicted molar refractivity (Wildman–Crippen MR) is 90.9 cm³/mol. The van der Waals surface area contributed by atoms with Gasteiger partial charge in [-0.1, -0.05) is 11.6 Å². The van der Waals surface area contributed by atoms with E-state index in [0.717, 1.165) is 22.2 Å². The summed E-state index contributed by atoms with van der Waals surface area (Å²) >= 11 is 5.92. The van der Waals surface area contributed by atoms with Crippen LogP contribution in [0.5, 0.6) is 0 Å². The van der Waals surface area contributed by atoms with Gasteiger partial charge < -0.3 is 5.73 Å². The zero-order chi connectivity index (χ0) is 16.1. The quantitative estimate of drug-likeness (QED) is 0.588. The second kappa shape index (κ2) is 6.93. The first-order chi connectivity index (χ1) is 11.3.